The van der Waals surface area contributed by atoms with Gasteiger partial charge in [0, 0.05) is 17.3 Å². The Morgan fingerprint density at radius 1 is 1.55 bits per heavy atom. The molecule has 0 aliphatic heterocycles. The van der Waals surface area contributed by atoms with Crippen molar-refractivity contribution in [2.75, 3.05) is 12.0 Å². The van der Waals surface area contributed by atoms with Crippen molar-refractivity contribution in [2.24, 2.45) is 5.11 Å². The van der Waals surface area contributed by atoms with Crippen molar-refractivity contribution in [3.8, 4) is 0 Å². The number of azide groups is 1. The van der Waals surface area contributed by atoms with Crippen LogP contribution in [0.2, 0.25) is 0 Å². The minimum absolute atomic E-state index is 0.167. The van der Waals surface area contributed by atoms with E-state index in [0.717, 1.165) is 0 Å². The van der Waals surface area contributed by atoms with E-state index in [-0.39, 0.29) is 6.67 Å². The molecule has 0 amide bonds. The molecule has 0 aliphatic rings. The van der Waals surface area contributed by atoms with Gasteiger partial charge >= 0.3 is 0 Å². The van der Waals surface area contributed by atoms with Crippen LogP contribution in [0.15, 0.2) is 23.6 Å². The molecule has 1 rings (SSSR count). The summed E-state index contributed by atoms with van der Waals surface area (Å²) < 4.78 is 0. The fraction of sp³-hybridized carbons (Fsp3) is 0.200. The number of anilines is 1. The van der Waals surface area contributed by atoms with Gasteiger partial charge in [0.25, 0.3) is 0 Å². The Kier molecular flexibility index (Phi) is 2.71. The molecule has 0 aliphatic carbocycles. The number of nitrogens with one attached hydrogen (secondary N) is 1. The lowest BCUT2D eigenvalue weighted by molar-refractivity contribution is 1.04. The monoisotopic (exact) mass is 150 g/mol. The standard InChI is InChI=1S/C5H6N6/c6-11-10-4-9-5-7-2-1-3-8-5/h1-3H,4H2,(H,7,8,9). The van der Waals surface area contributed by atoms with Gasteiger partial charge in [-0.05, 0) is 11.6 Å². The third-order valence-electron chi connectivity index (χ3n) is 0.937. The molecule has 56 valence electrons. The molecule has 0 saturated heterocycles. The molecule has 1 aromatic rings. The molecule has 0 atom stereocenters. The fourth-order valence-corrected chi connectivity index (χ4v) is 0.528. The van der Waals surface area contributed by atoms with Gasteiger partial charge in [-0.1, -0.05) is 5.11 Å². The summed E-state index contributed by atoms with van der Waals surface area (Å²) >= 11 is 0. The molecule has 6 nitrogen and oxygen atoms in total. The highest BCUT2D eigenvalue weighted by Crippen LogP contribution is 1.91. The van der Waals surface area contributed by atoms with E-state index in [0.29, 0.717) is 5.95 Å². The Morgan fingerprint density at radius 3 is 2.91 bits per heavy atom. The third-order valence-corrected chi connectivity index (χ3v) is 0.937. The first-order valence-electron chi connectivity index (χ1n) is 2.95. The Bertz CT molecular complexity index is 251. The minimum Gasteiger partial charge on any atom is -0.348 e. The van der Waals surface area contributed by atoms with Gasteiger partial charge in [0.15, 0.2) is 0 Å². The number of hydrogen-bond acceptors (Lipinski definition) is 4. The molecule has 0 spiro atoms. The summed E-state index contributed by atoms with van der Waals surface area (Å²) in [6.45, 7) is 0.167. The van der Waals surface area contributed by atoms with Crippen LogP contribution in [-0.4, -0.2) is 16.6 Å². The Hall–Kier alpha value is -1.81. The number of nitrogens with zero attached hydrogens (tertiary/aromatic N) is 5. The lowest BCUT2D eigenvalue weighted by atomic mass is 10.7. The second-order valence-electron chi connectivity index (χ2n) is 1.64. The van der Waals surface area contributed by atoms with Crippen LogP contribution in [0.1, 0.15) is 0 Å². The van der Waals surface area contributed by atoms with Crippen molar-refractivity contribution in [2.45, 2.75) is 0 Å². The smallest absolute Gasteiger partial charge is 0.222 e. The molecule has 0 unspecified atom stereocenters. The molecule has 1 aromatic heterocycles. The van der Waals surface area contributed by atoms with Crippen LogP contribution < -0.4 is 5.32 Å². The van der Waals surface area contributed by atoms with Crippen molar-refractivity contribution < 1.29 is 0 Å². The summed E-state index contributed by atoms with van der Waals surface area (Å²) in [5.41, 5.74) is 7.92. The predicted molar refractivity (Wildman–Crippen MR) is 39.7 cm³/mol. The lowest BCUT2D eigenvalue weighted by Gasteiger charge is -1.96. The average Bonchev–Trinajstić information content (AvgIpc) is 2.07. The molecular weight excluding hydrogens is 144 g/mol. The van der Waals surface area contributed by atoms with E-state index in [1.807, 2.05) is 0 Å². The van der Waals surface area contributed by atoms with Crippen LogP contribution >= 0.6 is 0 Å². The maximum atomic E-state index is 7.92. The van der Waals surface area contributed by atoms with Crippen molar-refractivity contribution in [3.05, 3.63) is 28.9 Å². The lowest BCUT2D eigenvalue weighted by Crippen LogP contribution is -2.01. The molecule has 0 radical (unpaired) electrons. The first-order chi connectivity index (χ1) is 5.43. The molecule has 0 bridgehead atoms. The predicted octanol–water partition coefficient (Wildman–Crippen LogP) is 1.16. The van der Waals surface area contributed by atoms with Gasteiger partial charge in [0.05, 0.1) is 6.67 Å². The van der Waals surface area contributed by atoms with Crippen LogP contribution in [0, 0.1) is 0 Å². The quantitative estimate of drug-likeness (QED) is 0.398. The normalized spacial score (nSPS) is 8.36. The summed E-state index contributed by atoms with van der Waals surface area (Å²) in [7, 11) is 0. The van der Waals surface area contributed by atoms with E-state index in [1.165, 1.54) is 0 Å². The van der Waals surface area contributed by atoms with Gasteiger partial charge in [-0.3, -0.25) is 0 Å². The molecule has 0 fully saturated rings. The average molecular weight is 150 g/mol. The van der Waals surface area contributed by atoms with Crippen LogP contribution in [0.3, 0.4) is 0 Å². The zero-order valence-corrected chi connectivity index (χ0v) is 5.68. The highest BCUT2D eigenvalue weighted by atomic mass is 15.2. The SMILES string of the molecule is [N-]=[N+]=NCNc1ncccn1. The minimum atomic E-state index is 0.167. The Labute approximate surface area is 62.9 Å². The van der Waals surface area contributed by atoms with Crippen LogP contribution in [0.5, 0.6) is 0 Å². The van der Waals surface area contributed by atoms with E-state index in [4.69, 9.17) is 5.53 Å². The summed E-state index contributed by atoms with van der Waals surface area (Å²) in [6.07, 6.45) is 3.21. The topological polar surface area (TPSA) is 86.6 Å². The first-order valence-corrected chi connectivity index (χ1v) is 2.95. The Balaban J connectivity index is 2.45. The molecular formula is C5H6N6. The molecule has 11 heavy (non-hydrogen) atoms. The van der Waals surface area contributed by atoms with Gasteiger partial charge in [0.2, 0.25) is 5.95 Å². The van der Waals surface area contributed by atoms with Crippen LogP contribution in [-0.2, 0) is 0 Å². The second-order valence-corrected chi connectivity index (χ2v) is 1.64. The summed E-state index contributed by atoms with van der Waals surface area (Å²) in [4.78, 5) is 10.2. The summed E-state index contributed by atoms with van der Waals surface area (Å²) in [5.74, 6) is 0.458. The van der Waals surface area contributed by atoms with Crippen molar-refractivity contribution in [3.63, 3.8) is 0 Å². The van der Waals surface area contributed by atoms with Crippen LogP contribution in [0.4, 0.5) is 5.95 Å². The number of rotatable bonds is 3. The van der Waals surface area contributed by atoms with Crippen molar-refractivity contribution in [1.82, 2.24) is 9.97 Å². The van der Waals surface area contributed by atoms with Gasteiger partial charge in [-0.25, -0.2) is 9.97 Å². The van der Waals surface area contributed by atoms with E-state index in [1.54, 1.807) is 18.5 Å². The van der Waals surface area contributed by atoms with Gasteiger partial charge < -0.3 is 5.32 Å². The molecule has 6 heteroatoms. The molecule has 1 heterocycles. The number of aromatic nitrogens is 2. The Morgan fingerprint density at radius 2 is 2.27 bits per heavy atom. The molecule has 0 aromatic carbocycles. The highest BCUT2D eigenvalue weighted by molar-refractivity contribution is 5.21. The first kappa shape index (κ1) is 7.30. The van der Waals surface area contributed by atoms with Gasteiger partial charge in [0.1, 0.15) is 0 Å². The second kappa shape index (κ2) is 4.08. The fourth-order valence-electron chi connectivity index (χ4n) is 0.528. The molecule has 1 N–H and O–H groups in total. The summed E-state index contributed by atoms with van der Waals surface area (Å²) in [6, 6.07) is 1.71. The van der Waals surface area contributed by atoms with Gasteiger partial charge in [-0.2, -0.15) is 0 Å². The van der Waals surface area contributed by atoms with E-state index >= 15 is 0 Å². The van der Waals surface area contributed by atoms with Crippen LogP contribution in [0.25, 0.3) is 10.4 Å². The van der Waals surface area contributed by atoms with Gasteiger partial charge in [-0.15, -0.1) is 0 Å². The molecule has 0 saturated carbocycles. The van der Waals surface area contributed by atoms with Crippen molar-refractivity contribution in [1.29, 1.82) is 0 Å². The zero-order valence-electron chi connectivity index (χ0n) is 5.68. The van der Waals surface area contributed by atoms with E-state index < -0.39 is 0 Å². The van der Waals surface area contributed by atoms with E-state index in [2.05, 4.69) is 25.3 Å². The van der Waals surface area contributed by atoms with E-state index in [9.17, 15) is 0 Å². The maximum Gasteiger partial charge on any atom is 0.222 e. The maximum absolute atomic E-state index is 7.92. The number of hydrogen-bond donors (Lipinski definition) is 1. The third kappa shape index (κ3) is 2.51. The highest BCUT2D eigenvalue weighted by Gasteiger charge is 1.87. The summed E-state index contributed by atoms with van der Waals surface area (Å²) in [5, 5.41) is 5.96. The van der Waals surface area contributed by atoms with Crippen molar-refractivity contribution >= 4 is 5.95 Å². The zero-order chi connectivity index (χ0) is 7.94. The largest absolute Gasteiger partial charge is 0.348 e.